The zero-order valence-electron chi connectivity index (χ0n) is 51.6. The predicted octanol–water partition coefficient (Wildman–Crippen LogP) is 12.1. The van der Waals surface area contributed by atoms with E-state index in [1.807, 2.05) is 30.3 Å². The number of halogens is 1. The Bertz CT molecular complexity index is 4540. The highest BCUT2D eigenvalue weighted by Crippen LogP contribution is 2.38. The van der Waals surface area contributed by atoms with E-state index in [9.17, 15) is 28.8 Å². The Morgan fingerprint density at radius 2 is 0.714 bits per heavy atom. The van der Waals surface area contributed by atoms with E-state index >= 15 is 4.79 Å². The second-order valence-electron chi connectivity index (χ2n) is 21.9. The largest absolute Gasteiger partial charge is 0.459 e. The van der Waals surface area contributed by atoms with Crippen molar-refractivity contribution >= 4 is 79.8 Å². The van der Waals surface area contributed by atoms with Gasteiger partial charge >= 0.3 is 41.8 Å². The molecule has 98 heavy (non-hydrogen) atoms. The van der Waals surface area contributed by atoms with E-state index in [2.05, 4.69) is 0 Å². The molecule has 12 rings (SSSR count). The molecule has 0 spiro atoms. The summed E-state index contributed by atoms with van der Waals surface area (Å²) in [5, 5.41) is 0.367. The van der Waals surface area contributed by atoms with Gasteiger partial charge in [0, 0.05) is 5.02 Å². The summed E-state index contributed by atoms with van der Waals surface area (Å²) in [7, 11) is 2.39. The molecule has 0 bridgehead atoms. The van der Waals surface area contributed by atoms with E-state index in [0.29, 0.717) is 21.2 Å². The SMILES string of the molecule is O=C(OC[C@H]1O[C@@H](O[C@H]2[C@H](OC(=O)c3ccccc3)[C@@H](OC(=O)c3ccccc3)[C@H](/N=c3\ssc(=Nc4ccccc4)n3-c3cccc(Cl)c3)O[C@@H]2COC(=O)c2ccccc2)[C@H](OC(=O)c2ccccc2)[C@@H](OC(=O)c2ccccc2)[C@H]1OC(=O)c1ccccc1)c1ccccc1. The molecule has 2 aliphatic heterocycles. The summed E-state index contributed by atoms with van der Waals surface area (Å²) in [5.74, 6) is -6.67. The van der Waals surface area contributed by atoms with E-state index in [0.717, 1.165) is 10.3 Å². The lowest BCUT2D eigenvalue weighted by molar-refractivity contribution is -0.338. The lowest BCUT2D eigenvalue weighted by Crippen LogP contribution is -2.67. The van der Waals surface area contributed by atoms with Crippen molar-refractivity contribution in [3.05, 3.63) is 320 Å². The maximum absolute atomic E-state index is 15.1. The van der Waals surface area contributed by atoms with Gasteiger partial charge in [0.25, 0.3) is 0 Å². The van der Waals surface area contributed by atoms with E-state index in [1.54, 1.807) is 156 Å². The van der Waals surface area contributed by atoms with Crippen LogP contribution < -0.4 is 9.60 Å². The van der Waals surface area contributed by atoms with E-state index < -0.39 is 116 Å². The quantitative estimate of drug-likeness (QED) is 0.0369. The van der Waals surface area contributed by atoms with Crippen molar-refractivity contribution in [2.45, 2.75) is 61.3 Å². The topological polar surface area (TPSA) is 241 Å². The van der Waals surface area contributed by atoms with Gasteiger partial charge in [0.2, 0.25) is 9.60 Å². The van der Waals surface area contributed by atoms with Crippen LogP contribution in [0, 0.1) is 0 Å². The molecular formula is C75H58ClN3O17S2. The lowest BCUT2D eigenvalue weighted by Gasteiger charge is -2.48. The summed E-state index contributed by atoms with van der Waals surface area (Å²) in [6, 6.07) is 71.0. The molecule has 10 aromatic rings. The van der Waals surface area contributed by atoms with Crippen LogP contribution in [-0.2, 0) is 47.4 Å². The van der Waals surface area contributed by atoms with Gasteiger partial charge in [-0.1, -0.05) is 163 Å². The number of esters is 7. The number of ether oxygens (including phenoxy) is 10. The van der Waals surface area contributed by atoms with Gasteiger partial charge in [0.05, 0.1) is 50.3 Å². The molecule has 0 radical (unpaired) electrons. The zero-order valence-corrected chi connectivity index (χ0v) is 54.0. The molecule has 3 heterocycles. The number of hydrogen-bond acceptors (Lipinski definition) is 21. The van der Waals surface area contributed by atoms with Crippen LogP contribution in [0.3, 0.4) is 0 Å². The third-order valence-corrected chi connectivity index (χ3v) is 17.7. The van der Waals surface area contributed by atoms with Gasteiger partial charge in [-0.2, -0.15) is 0 Å². The Kier molecular flexibility index (Phi) is 22.0. The van der Waals surface area contributed by atoms with Crippen LogP contribution >= 0.6 is 32.3 Å². The normalized spacial score (nSPS) is 20.7. The second kappa shape index (κ2) is 32.2. The Hall–Kier alpha value is -11.0. The minimum absolute atomic E-state index is 0.000555. The number of carbonyl (C=O) groups excluding carboxylic acids is 7. The molecule has 2 aliphatic rings. The maximum atomic E-state index is 15.1. The molecule has 20 nitrogen and oxygen atoms in total. The summed E-state index contributed by atoms with van der Waals surface area (Å²) in [4.78, 5) is 113. The van der Waals surface area contributed by atoms with Crippen molar-refractivity contribution in [2.75, 3.05) is 13.2 Å². The number of benzene rings is 9. The van der Waals surface area contributed by atoms with Gasteiger partial charge in [0.15, 0.2) is 43.0 Å². The highest BCUT2D eigenvalue weighted by atomic mass is 35.5. The molecular weight excluding hydrogens is 1310 g/mol. The molecule has 1 aromatic heterocycles. The van der Waals surface area contributed by atoms with Gasteiger partial charge in [-0.05, 0) is 136 Å². The summed E-state index contributed by atoms with van der Waals surface area (Å²) in [5.41, 5.74) is 1.41. The Morgan fingerprint density at radius 1 is 0.367 bits per heavy atom. The van der Waals surface area contributed by atoms with Crippen molar-refractivity contribution in [1.29, 1.82) is 0 Å². The third kappa shape index (κ3) is 16.6. The van der Waals surface area contributed by atoms with E-state index in [4.69, 9.17) is 69.0 Å². The van der Waals surface area contributed by atoms with Crippen molar-refractivity contribution in [3.8, 4) is 5.69 Å². The van der Waals surface area contributed by atoms with Gasteiger partial charge < -0.3 is 47.4 Å². The first-order chi connectivity index (χ1) is 47.9. The zero-order chi connectivity index (χ0) is 67.7. The van der Waals surface area contributed by atoms with Crippen LogP contribution in [-0.4, -0.2) is 121 Å². The highest BCUT2D eigenvalue weighted by Gasteiger charge is 2.58. The maximum Gasteiger partial charge on any atom is 0.338 e. The standard InChI is InChI=1S/C75H58ClN3O17S2/c76-54-40-25-43-56(44-54)79-74(77-55-41-23-8-24-42-55)97-98-75(79)78-65-63(94-71(85)52-36-19-6-20-37-52)61(92-69(83)50-32-15-4-16-33-50)60(57(89-65)45-87-66(80)47-26-9-1-10-27-47)96-73-64(95-72(86)53-38-21-7-22-39-53)62(93-70(84)51-34-17-5-18-35-51)59(91-68(82)49-30-13-3-14-31-49)58(90-73)46-88-67(81)48-28-11-2-12-29-48/h1-44,57-65,73H,45-46H2/b77-74?,78-75-/t57-,58-,59+,60-,61+,62+,63-,64-,65-,73+/m1/s1. The fraction of sp³-hybridized carbons (Fsp3) is 0.160. The number of nitrogens with zero attached hydrogens (tertiary/aromatic N) is 3. The average molecular weight is 1370 g/mol. The molecule has 2 fully saturated rings. The minimum atomic E-state index is -2.12. The molecule has 0 saturated carbocycles. The molecule has 2 saturated heterocycles. The molecule has 23 heteroatoms. The van der Waals surface area contributed by atoms with Gasteiger partial charge in [-0.15, -0.1) is 0 Å². The molecule has 9 aromatic carbocycles. The van der Waals surface area contributed by atoms with E-state index in [1.165, 1.54) is 95.3 Å². The number of rotatable bonds is 21. The Morgan fingerprint density at radius 3 is 1.13 bits per heavy atom. The predicted molar refractivity (Wildman–Crippen MR) is 358 cm³/mol. The van der Waals surface area contributed by atoms with Crippen molar-refractivity contribution in [2.24, 2.45) is 9.98 Å². The number of aromatic nitrogens is 1. The summed E-state index contributed by atoms with van der Waals surface area (Å²) in [6.45, 7) is -1.52. The van der Waals surface area contributed by atoms with Crippen LogP contribution in [0.4, 0.5) is 5.69 Å². The molecule has 494 valence electrons. The van der Waals surface area contributed by atoms with Crippen LogP contribution in [0.5, 0.6) is 0 Å². The second-order valence-corrected chi connectivity index (χ2v) is 24.4. The summed E-state index contributed by atoms with van der Waals surface area (Å²) >= 11 is 6.69. The highest BCUT2D eigenvalue weighted by molar-refractivity contribution is 7.67. The summed E-state index contributed by atoms with van der Waals surface area (Å²) < 4.78 is 67.4. The van der Waals surface area contributed by atoms with Gasteiger partial charge in [0.1, 0.15) is 31.5 Å². The van der Waals surface area contributed by atoms with Gasteiger partial charge in [-0.3, -0.25) is 4.57 Å². The smallest absolute Gasteiger partial charge is 0.338 e. The van der Waals surface area contributed by atoms with Crippen molar-refractivity contribution in [3.63, 3.8) is 0 Å². The minimum Gasteiger partial charge on any atom is -0.459 e. The third-order valence-electron chi connectivity index (χ3n) is 15.4. The van der Waals surface area contributed by atoms with Crippen LogP contribution in [0.25, 0.3) is 5.69 Å². The monoisotopic (exact) mass is 1370 g/mol. The Balaban J connectivity index is 1.06. The Labute approximate surface area is 572 Å². The van der Waals surface area contributed by atoms with Gasteiger partial charge in [-0.25, -0.2) is 43.5 Å². The van der Waals surface area contributed by atoms with Crippen molar-refractivity contribution < 1.29 is 80.9 Å². The summed E-state index contributed by atoms with van der Waals surface area (Å²) in [6.07, 6.45) is -18.8. The first-order valence-electron chi connectivity index (χ1n) is 30.7. The van der Waals surface area contributed by atoms with E-state index in [-0.39, 0.29) is 43.7 Å². The molecule has 0 unspecified atom stereocenters. The molecule has 0 N–H and O–H groups in total. The van der Waals surface area contributed by atoms with Crippen LogP contribution in [0.1, 0.15) is 72.5 Å². The fourth-order valence-electron chi connectivity index (χ4n) is 10.6. The van der Waals surface area contributed by atoms with Crippen molar-refractivity contribution in [1.82, 2.24) is 4.57 Å². The molecule has 10 atom stereocenters. The lowest BCUT2D eigenvalue weighted by atomic mass is 9.95. The van der Waals surface area contributed by atoms with Crippen LogP contribution in [0.2, 0.25) is 5.02 Å². The fourth-order valence-corrected chi connectivity index (χ4v) is 13.0. The van der Waals surface area contributed by atoms with Crippen LogP contribution in [0.15, 0.2) is 277 Å². The first kappa shape index (κ1) is 67.0. The molecule has 0 amide bonds. The average Bonchev–Trinajstić information content (AvgIpc) is 0.855. The number of carbonyl (C=O) groups is 7. The number of para-hydroxylation sites is 1. The number of hydrogen-bond donors (Lipinski definition) is 0. The molecule has 0 aliphatic carbocycles. The first-order valence-corrected chi connectivity index (χ1v) is 33.3.